The molecule has 0 aromatic rings. The molecule has 0 radical (unpaired) electrons. The van der Waals surface area contributed by atoms with Gasteiger partial charge in [-0.1, -0.05) is 13.3 Å². The van der Waals surface area contributed by atoms with Crippen LogP contribution < -0.4 is 0 Å². The molecular formula is C5H10MgO. The van der Waals surface area contributed by atoms with Crippen molar-refractivity contribution in [1.29, 1.82) is 0 Å². The van der Waals surface area contributed by atoms with E-state index in [1.165, 1.54) is 11.0 Å². The normalized spacial score (nSPS) is 7.71. The van der Waals surface area contributed by atoms with Gasteiger partial charge < -0.3 is 4.79 Å². The van der Waals surface area contributed by atoms with E-state index in [4.69, 9.17) is 0 Å². The van der Waals surface area contributed by atoms with Crippen LogP contribution in [0.5, 0.6) is 0 Å². The van der Waals surface area contributed by atoms with Crippen molar-refractivity contribution >= 4 is 24.3 Å². The quantitative estimate of drug-likeness (QED) is 0.497. The molecule has 0 spiro atoms. The van der Waals surface area contributed by atoms with Crippen LogP contribution in [0.15, 0.2) is 0 Å². The lowest BCUT2D eigenvalue weighted by molar-refractivity contribution is -0.110. The molecule has 7 heavy (non-hydrogen) atoms. The molecule has 0 heterocycles. The molecule has 1 nitrogen and oxygen atoms in total. The van der Waals surface area contributed by atoms with E-state index in [9.17, 15) is 4.79 Å². The SMILES string of the molecule is CC[CH2][Mg][C](C)=O. The van der Waals surface area contributed by atoms with E-state index in [0.29, 0.717) is 3.91 Å². The lowest BCUT2D eigenvalue weighted by Gasteiger charge is -1.82. The van der Waals surface area contributed by atoms with Gasteiger partial charge >= 0.3 is 20.4 Å². The van der Waals surface area contributed by atoms with E-state index in [0.717, 1.165) is 0 Å². The van der Waals surface area contributed by atoms with Gasteiger partial charge in [0.25, 0.3) is 0 Å². The molecule has 0 aromatic heterocycles. The first-order chi connectivity index (χ1) is 3.27. The molecule has 0 bridgehead atoms. The molecule has 0 amide bonds. The second-order valence-corrected chi connectivity index (χ2v) is 4.01. The molecule has 0 N–H and O–H groups in total. The highest BCUT2D eigenvalue weighted by Crippen LogP contribution is 1.83. The maximum absolute atomic E-state index is 10.3. The van der Waals surface area contributed by atoms with Gasteiger partial charge in [-0.05, 0) is 10.8 Å². The molecule has 0 aliphatic carbocycles. The van der Waals surface area contributed by atoms with Crippen LogP contribution in [0.3, 0.4) is 0 Å². The summed E-state index contributed by atoms with van der Waals surface area (Å²) in [5.41, 5.74) is 0. The number of hydrogen-bond acceptors (Lipinski definition) is 1. The van der Waals surface area contributed by atoms with Gasteiger partial charge in [-0.15, -0.1) is 4.55 Å². The van der Waals surface area contributed by atoms with Crippen molar-refractivity contribution in [1.82, 2.24) is 0 Å². The third-order valence-corrected chi connectivity index (χ3v) is 2.65. The number of hydrogen-bond donors (Lipinski definition) is 0. The highest BCUT2D eigenvalue weighted by atomic mass is 24.5. The molecule has 38 valence electrons. The summed E-state index contributed by atoms with van der Waals surface area (Å²) in [4.78, 5) is 10.3. The maximum Gasteiger partial charge on any atom is 0.467 e. The van der Waals surface area contributed by atoms with Crippen LogP contribution in [-0.2, 0) is 4.79 Å². The zero-order valence-electron chi connectivity index (χ0n) is 5.03. The monoisotopic (exact) mass is 110 g/mol. The lowest BCUT2D eigenvalue weighted by Crippen LogP contribution is -2.00. The molecular weight excluding hydrogens is 100 g/mol. The molecule has 0 saturated carbocycles. The Morgan fingerprint density at radius 1 is 1.71 bits per heavy atom. The Hall–Kier alpha value is 0.436. The van der Waals surface area contributed by atoms with Crippen molar-refractivity contribution in [3.8, 4) is 0 Å². The highest BCUT2D eigenvalue weighted by Gasteiger charge is 1.96. The topological polar surface area (TPSA) is 17.1 Å². The Morgan fingerprint density at radius 2 is 2.29 bits per heavy atom. The first kappa shape index (κ1) is 7.44. The van der Waals surface area contributed by atoms with Crippen molar-refractivity contribution in [3.63, 3.8) is 0 Å². The Balaban J connectivity index is 2.82. The summed E-state index contributed by atoms with van der Waals surface area (Å²) >= 11 is -0.293. The van der Waals surface area contributed by atoms with E-state index in [2.05, 4.69) is 6.92 Å². The van der Waals surface area contributed by atoms with Gasteiger partial charge in [0.2, 0.25) is 0 Å². The zero-order chi connectivity index (χ0) is 5.70. The number of carbonyl (C=O) groups is 1. The number of carbonyl (C=O) groups excluding carboxylic acids is 1. The summed E-state index contributed by atoms with van der Waals surface area (Å²) in [6, 6.07) is 0. The molecule has 0 unspecified atom stereocenters. The molecule has 0 atom stereocenters. The van der Waals surface area contributed by atoms with Crippen LogP contribution in [0, 0.1) is 0 Å². The Kier molecular flexibility index (Phi) is 4.88. The summed E-state index contributed by atoms with van der Waals surface area (Å²) in [5.74, 6) is 0. The smallest absolute Gasteiger partial charge is 0.336 e. The van der Waals surface area contributed by atoms with Crippen LogP contribution in [0.25, 0.3) is 0 Å². The summed E-state index contributed by atoms with van der Waals surface area (Å²) < 4.78 is 1.64. The Morgan fingerprint density at radius 3 is 2.43 bits per heavy atom. The van der Waals surface area contributed by atoms with Crippen LogP contribution in [0.1, 0.15) is 20.3 Å². The fourth-order valence-corrected chi connectivity index (χ4v) is 1.28. The van der Waals surface area contributed by atoms with E-state index >= 15 is 0 Å². The van der Waals surface area contributed by atoms with E-state index in [-0.39, 0.29) is 20.4 Å². The standard InChI is InChI=1S/C3H7.C2H3O.Mg/c1-3-2;1-2-3;/h1,3H2,2H3;1H3;. The first-order valence-corrected chi connectivity index (χ1v) is 4.47. The van der Waals surface area contributed by atoms with Crippen LogP contribution in [0.4, 0.5) is 0 Å². The van der Waals surface area contributed by atoms with Gasteiger partial charge in [0.1, 0.15) is 0 Å². The zero-order valence-corrected chi connectivity index (χ0v) is 6.44. The van der Waals surface area contributed by atoms with Crippen molar-refractivity contribution in [2.24, 2.45) is 0 Å². The van der Waals surface area contributed by atoms with Crippen LogP contribution >= 0.6 is 0 Å². The predicted molar refractivity (Wildman–Crippen MR) is 31.5 cm³/mol. The van der Waals surface area contributed by atoms with Gasteiger partial charge in [0.15, 0.2) is 0 Å². The molecule has 0 aliphatic heterocycles. The minimum absolute atomic E-state index is 0.293. The fraction of sp³-hybridized carbons (Fsp3) is 0.800. The minimum atomic E-state index is -0.293. The van der Waals surface area contributed by atoms with E-state index in [1.54, 1.807) is 6.92 Å². The molecule has 0 fully saturated rings. The first-order valence-electron chi connectivity index (χ1n) is 2.76. The Bertz CT molecular complexity index is 61.1. The van der Waals surface area contributed by atoms with Gasteiger partial charge in [0, 0.05) is 0 Å². The summed E-state index contributed by atoms with van der Waals surface area (Å²) in [6.45, 7) is 3.82. The van der Waals surface area contributed by atoms with Crippen molar-refractivity contribution < 1.29 is 4.79 Å². The minimum Gasteiger partial charge on any atom is -0.336 e. The average molecular weight is 110 g/mol. The predicted octanol–water partition coefficient (Wildman–Crippen LogP) is 1.07. The molecule has 0 aromatic carbocycles. The summed E-state index contributed by atoms with van der Waals surface area (Å²) in [6.07, 6.45) is 1.19. The third-order valence-electron chi connectivity index (χ3n) is 0.882. The van der Waals surface area contributed by atoms with Gasteiger partial charge in [-0.25, -0.2) is 0 Å². The summed E-state index contributed by atoms with van der Waals surface area (Å²) in [7, 11) is 0. The molecule has 2 heteroatoms. The maximum atomic E-state index is 10.3. The van der Waals surface area contributed by atoms with Crippen molar-refractivity contribution in [3.05, 3.63) is 0 Å². The van der Waals surface area contributed by atoms with Gasteiger partial charge in [0.05, 0.1) is 0 Å². The highest BCUT2D eigenvalue weighted by molar-refractivity contribution is 6.73. The largest absolute Gasteiger partial charge is 0.467 e. The van der Waals surface area contributed by atoms with Gasteiger partial charge in [-0.2, -0.15) is 0 Å². The molecule has 0 aliphatic rings. The van der Waals surface area contributed by atoms with E-state index in [1.807, 2.05) is 0 Å². The molecule has 0 rings (SSSR count). The number of rotatable bonds is 3. The second-order valence-electron chi connectivity index (χ2n) is 1.81. The average Bonchev–Trinajstić information content (AvgIpc) is 1.61. The third kappa shape index (κ3) is 6.44. The van der Waals surface area contributed by atoms with Crippen molar-refractivity contribution in [2.45, 2.75) is 24.8 Å². The Labute approximate surface area is 54.2 Å². The van der Waals surface area contributed by atoms with Crippen LogP contribution in [0.2, 0.25) is 4.55 Å². The van der Waals surface area contributed by atoms with E-state index < -0.39 is 0 Å². The molecule has 0 saturated heterocycles. The summed E-state index contributed by atoms with van der Waals surface area (Å²) in [5, 5.41) is 0. The lowest BCUT2D eigenvalue weighted by atomic mass is 10.6. The van der Waals surface area contributed by atoms with Crippen LogP contribution in [-0.4, -0.2) is 24.3 Å². The van der Waals surface area contributed by atoms with Crippen molar-refractivity contribution in [2.75, 3.05) is 0 Å². The fourth-order valence-electron chi connectivity index (χ4n) is 0.426. The second kappa shape index (κ2) is 4.59. The van der Waals surface area contributed by atoms with Gasteiger partial charge in [-0.3, -0.25) is 0 Å².